The number of rotatable bonds is 8. The summed E-state index contributed by atoms with van der Waals surface area (Å²) in [5, 5.41) is 12.7. The lowest BCUT2D eigenvalue weighted by Gasteiger charge is -2.25. The Morgan fingerprint density at radius 3 is 3.07 bits per heavy atom. The molecule has 0 radical (unpaired) electrons. The number of guanidine groups is 1. The topological polar surface area (TPSA) is 89.2 Å². The van der Waals surface area contributed by atoms with Crippen molar-refractivity contribution in [2.24, 2.45) is 4.99 Å². The van der Waals surface area contributed by atoms with E-state index >= 15 is 0 Å². The van der Waals surface area contributed by atoms with Crippen LogP contribution in [0.5, 0.6) is 0 Å². The second-order valence-corrected chi connectivity index (χ2v) is 8.49. The minimum absolute atomic E-state index is 0.289. The third-order valence-electron chi connectivity index (χ3n) is 5.02. The Morgan fingerprint density at radius 1 is 1.33 bits per heavy atom. The number of methoxy groups -OCH3 is 1. The van der Waals surface area contributed by atoms with Gasteiger partial charge in [0, 0.05) is 39.1 Å². The molecule has 160 valence electrons. The molecule has 2 aromatic heterocycles. The van der Waals surface area contributed by atoms with E-state index in [9.17, 15) is 0 Å². The monoisotopic (exact) mass is 427 g/mol. The Bertz CT molecular complexity index is 963. The number of aryl methyl sites for hydroxylation is 2. The molecule has 1 unspecified atom stereocenters. The summed E-state index contributed by atoms with van der Waals surface area (Å²) >= 11 is 1.78. The normalized spacial score (nSPS) is 16.6. The van der Waals surface area contributed by atoms with Gasteiger partial charge in [0.05, 0.1) is 21.8 Å². The molecule has 0 saturated carbocycles. The van der Waals surface area contributed by atoms with Gasteiger partial charge in [0.15, 0.2) is 11.8 Å². The van der Waals surface area contributed by atoms with Gasteiger partial charge in [-0.3, -0.25) is 4.99 Å². The molecular formula is C21H29N7OS. The van der Waals surface area contributed by atoms with Gasteiger partial charge in [0.2, 0.25) is 0 Å². The largest absolute Gasteiger partial charge is 0.377 e. The lowest BCUT2D eigenvalue weighted by atomic mass is 10.1. The quantitative estimate of drug-likeness (QED) is 0.326. The first kappa shape index (κ1) is 20.7. The number of hydrogen-bond acceptors (Lipinski definition) is 6. The molecule has 4 rings (SSSR count). The molecule has 3 heterocycles. The zero-order valence-corrected chi connectivity index (χ0v) is 18.4. The summed E-state index contributed by atoms with van der Waals surface area (Å²) in [4.78, 5) is 14.0. The molecule has 1 aromatic carbocycles. The van der Waals surface area contributed by atoms with E-state index in [1.165, 1.54) is 9.71 Å². The van der Waals surface area contributed by atoms with Crippen LogP contribution in [0.1, 0.15) is 36.4 Å². The molecule has 0 bridgehead atoms. The van der Waals surface area contributed by atoms with Crippen LogP contribution >= 0.6 is 11.3 Å². The molecular weight excluding hydrogens is 398 g/mol. The zero-order valence-electron chi connectivity index (χ0n) is 17.6. The van der Waals surface area contributed by atoms with E-state index in [-0.39, 0.29) is 6.04 Å². The first-order chi connectivity index (χ1) is 14.7. The van der Waals surface area contributed by atoms with E-state index in [0.29, 0.717) is 6.61 Å². The average Bonchev–Trinajstić information content (AvgIpc) is 3.34. The maximum Gasteiger partial charge on any atom is 0.191 e. The molecule has 0 saturated heterocycles. The SMILES string of the molecule is CCNC(=NCCCc1nc2ccccc2s1)NC1CCc2nc(COC)nn2C1. The van der Waals surface area contributed by atoms with E-state index in [4.69, 9.17) is 14.7 Å². The maximum atomic E-state index is 5.15. The van der Waals surface area contributed by atoms with Gasteiger partial charge in [-0.2, -0.15) is 5.10 Å². The number of nitrogens with one attached hydrogen (secondary N) is 2. The van der Waals surface area contributed by atoms with E-state index < -0.39 is 0 Å². The van der Waals surface area contributed by atoms with Crippen molar-refractivity contribution in [1.82, 2.24) is 30.4 Å². The van der Waals surface area contributed by atoms with Crippen molar-refractivity contribution in [3.63, 3.8) is 0 Å². The van der Waals surface area contributed by atoms with Crippen LogP contribution in [0.25, 0.3) is 10.2 Å². The van der Waals surface area contributed by atoms with Gasteiger partial charge < -0.3 is 15.4 Å². The van der Waals surface area contributed by atoms with E-state index in [0.717, 1.165) is 68.4 Å². The first-order valence-corrected chi connectivity index (χ1v) is 11.4. The molecule has 0 aliphatic carbocycles. The van der Waals surface area contributed by atoms with Crippen molar-refractivity contribution in [1.29, 1.82) is 0 Å². The van der Waals surface area contributed by atoms with Crippen LogP contribution in [-0.4, -0.2) is 51.9 Å². The summed E-state index contributed by atoms with van der Waals surface area (Å²) in [6.45, 7) is 4.94. The van der Waals surface area contributed by atoms with Gasteiger partial charge in [-0.15, -0.1) is 11.3 Å². The van der Waals surface area contributed by atoms with Crippen LogP contribution in [0.3, 0.4) is 0 Å². The fraction of sp³-hybridized carbons (Fsp3) is 0.524. The number of ether oxygens (including phenoxy) is 1. The number of fused-ring (bicyclic) bond motifs is 2. The summed E-state index contributed by atoms with van der Waals surface area (Å²) in [6, 6.07) is 8.59. The fourth-order valence-corrected chi connectivity index (χ4v) is 4.64. The van der Waals surface area contributed by atoms with E-state index in [1.54, 1.807) is 18.4 Å². The highest BCUT2D eigenvalue weighted by Gasteiger charge is 2.22. The van der Waals surface area contributed by atoms with Crippen LogP contribution in [0.15, 0.2) is 29.3 Å². The lowest BCUT2D eigenvalue weighted by molar-refractivity contribution is 0.177. The van der Waals surface area contributed by atoms with Crippen molar-refractivity contribution >= 4 is 27.5 Å². The number of hydrogen-bond donors (Lipinski definition) is 2. The third-order valence-corrected chi connectivity index (χ3v) is 6.11. The highest BCUT2D eigenvalue weighted by Crippen LogP contribution is 2.22. The Morgan fingerprint density at radius 2 is 2.23 bits per heavy atom. The fourth-order valence-electron chi connectivity index (χ4n) is 3.63. The van der Waals surface area contributed by atoms with E-state index in [2.05, 4.69) is 45.8 Å². The Balaban J connectivity index is 1.30. The average molecular weight is 428 g/mol. The molecule has 3 aromatic rings. The van der Waals surface area contributed by atoms with Gasteiger partial charge in [-0.1, -0.05) is 12.1 Å². The summed E-state index contributed by atoms with van der Waals surface area (Å²) in [6.07, 6.45) is 3.86. The standard InChI is InChI=1S/C21H29N7OS/c1-3-22-21(23-12-6-9-20-25-16-7-4-5-8-17(16)30-20)24-15-10-11-19-26-18(14-29-2)27-28(19)13-15/h4-5,7-8,15H,3,6,9-14H2,1-2H3,(H2,22,23,24). The molecule has 0 spiro atoms. The van der Waals surface area contributed by atoms with Crippen molar-refractivity contribution in [2.45, 2.75) is 51.8 Å². The molecule has 0 fully saturated rings. The van der Waals surface area contributed by atoms with Crippen LogP contribution in [-0.2, 0) is 30.7 Å². The smallest absolute Gasteiger partial charge is 0.191 e. The molecule has 9 heteroatoms. The second-order valence-electron chi connectivity index (χ2n) is 7.38. The van der Waals surface area contributed by atoms with Gasteiger partial charge >= 0.3 is 0 Å². The molecule has 1 atom stereocenters. The number of nitrogens with zero attached hydrogens (tertiary/aromatic N) is 5. The van der Waals surface area contributed by atoms with Crippen molar-refractivity contribution in [2.75, 3.05) is 20.2 Å². The van der Waals surface area contributed by atoms with Gasteiger partial charge in [0.25, 0.3) is 0 Å². The molecule has 2 N–H and O–H groups in total. The highest BCUT2D eigenvalue weighted by atomic mass is 32.1. The Hall–Kier alpha value is -2.52. The lowest BCUT2D eigenvalue weighted by Crippen LogP contribution is -2.47. The summed E-state index contributed by atoms with van der Waals surface area (Å²) in [7, 11) is 1.67. The number of thiazole rings is 1. The Labute approximate surface area is 180 Å². The molecule has 0 amide bonds. The van der Waals surface area contributed by atoms with Crippen molar-refractivity contribution < 1.29 is 4.74 Å². The maximum absolute atomic E-state index is 5.15. The molecule has 1 aliphatic heterocycles. The molecule has 8 nitrogen and oxygen atoms in total. The Kier molecular flexibility index (Phi) is 6.91. The summed E-state index contributed by atoms with van der Waals surface area (Å²) in [5.41, 5.74) is 1.09. The predicted octanol–water partition coefficient (Wildman–Crippen LogP) is 2.54. The first-order valence-electron chi connectivity index (χ1n) is 10.6. The van der Waals surface area contributed by atoms with Crippen LogP contribution in [0.2, 0.25) is 0 Å². The minimum Gasteiger partial charge on any atom is -0.377 e. The molecule has 1 aliphatic rings. The second kappa shape index (κ2) is 9.99. The molecule has 30 heavy (non-hydrogen) atoms. The number of aromatic nitrogens is 4. The van der Waals surface area contributed by atoms with Crippen LogP contribution in [0, 0.1) is 0 Å². The van der Waals surface area contributed by atoms with Gasteiger partial charge in [0.1, 0.15) is 12.4 Å². The van der Waals surface area contributed by atoms with Crippen molar-refractivity contribution in [3.8, 4) is 0 Å². The van der Waals surface area contributed by atoms with Gasteiger partial charge in [-0.25, -0.2) is 14.6 Å². The van der Waals surface area contributed by atoms with Gasteiger partial charge in [-0.05, 0) is 31.9 Å². The van der Waals surface area contributed by atoms with E-state index in [1.807, 2.05) is 10.7 Å². The summed E-state index contributed by atoms with van der Waals surface area (Å²) in [5.74, 6) is 2.66. The van der Waals surface area contributed by atoms with Crippen molar-refractivity contribution in [3.05, 3.63) is 40.9 Å². The minimum atomic E-state index is 0.289. The summed E-state index contributed by atoms with van der Waals surface area (Å²) < 4.78 is 8.39. The van der Waals surface area contributed by atoms with Crippen LogP contribution < -0.4 is 10.6 Å². The highest BCUT2D eigenvalue weighted by molar-refractivity contribution is 7.18. The van der Waals surface area contributed by atoms with Crippen LogP contribution in [0.4, 0.5) is 0 Å². The number of aliphatic imine (C=N–C) groups is 1. The third kappa shape index (κ3) is 5.14. The predicted molar refractivity (Wildman–Crippen MR) is 120 cm³/mol. The number of para-hydroxylation sites is 1. The number of benzene rings is 1. The zero-order chi connectivity index (χ0) is 20.8.